The lowest BCUT2D eigenvalue weighted by Gasteiger charge is -2.13. The van der Waals surface area contributed by atoms with Gasteiger partial charge < -0.3 is 0 Å². The van der Waals surface area contributed by atoms with Crippen molar-refractivity contribution in [3.05, 3.63) is 33.0 Å². The molecular formula is C12H15ClN4S. The van der Waals surface area contributed by atoms with Crippen LogP contribution >= 0.6 is 22.9 Å². The van der Waals surface area contributed by atoms with E-state index in [4.69, 9.17) is 11.6 Å². The number of thiophene rings is 1. The smallest absolute Gasteiger partial charge is 0.155 e. The maximum absolute atomic E-state index is 5.95. The SMILES string of the molecule is Cc1nc(C2CCN(Cc3ccc(Cl)s3)C2)n[nH]1. The number of nitrogens with zero attached hydrogens (tertiary/aromatic N) is 3. The third-order valence-corrected chi connectivity index (χ3v) is 4.48. The lowest BCUT2D eigenvalue weighted by molar-refractivity contribution is 0.329. The van der Waals surface area contributed by atoms with Crippen LogP contribution in [0.1, 0.15) is 28.9 Å². The number of nitrogens with one attached hydrogen (secondary N) is 1. The van der Waals surface area contributed by atoms with E-state index in [1.165, 1.54) is 4.88 Å². The van der Waals surface area contributed by atoms with Crippen molar-refractivity contribution in [1.29, 1.82) is 0 Å². The average Bonchev–Trinajstić information content (AvgIpc) is 3.01. The summed E-state index contributed by atoms with van der Waals surface area (Å²) in [4.78, 5) is 8.20. The monoisotopic (exact) mass is 282 g/mol. The van der Waals surface area contributed by atoms with Crippen LogP contribution in [0.5, 0.6) is 0 Å². The molecule has 1 atom stereocenters. The van der Waals surface area contributed by atoms with Gasteiger partial charge in [0.15, 0.2) is 5.82 Å². The molecule has 1 aliphatic heterocycles. The van der Waals surface area contributed by atoms with E-state index in [2.05, 4.69) is 26.1 Å². The largest absolute Gasteiger partial charge is 0.298 e. The molecule has 1 saturated heterocycles. The van der Waals surface area contributed by atoms with Gasteiger partial charge in [0, 0.05) is 23.9 Å². The van der Waals surface area contributed by atoms with E-state index in [0.717, 1.165) is 42.0 Å². The summed E-state index contributed by atoms with van der Waals surface area (Å²) >= 11 is 7.61. The molecule has 1 aliphatic rings. The number of hydrogen-bond donors (Lipinski definition) is 1. The molecule has 0 radical (unpaired) electrons. The van der Waals surface area contributed by atoms with Crippen molar-refractivity contribution in [2.45, 2.75) is 25.8 Å². The summed E-state index contributed by atoms with van der Waals surface area (Å²) in [6.45, 7) is 5.06. The van der Waals surface area contributed by atoms with Gasteiger partial charge in [-0.05, 0) is 32.0 Å². The Hall–Kier alpha value is -0.910. The van der Waals surface area contributed by atoms with Gasteiger partial charge in [-0.2, -0.15) is 5.10 Å². The standard InChI is InChI=1S/C12H15ClN4S/c1-8-14-12(16-15-8)9-4-5-17(6-9)7-10-2-3-11(13)18-10/h2-3,9H,4-7H2,1H3,(H,14,15,16). The summed E-state index contributed by atoms with van der Waals surface area (Å²) in [5.41, 5.74) is 0. The van der Waals surface area contributed by atoms with Gasteiger partial charge in [-0.1, -0.05) is 11.6 Å². The zero-order valence-corrected chi connectivity index (χ0v) is 11.8. The third kappa shape index (κ3) is 2.58. The molecule has 0 spiro atoms. The molecule has 1 unspecified atom stereocenters. The highest BCUT2D eigenvalue weighted by molar-refractivity contribution is 7.16. The molecule has 18 heavy (non-hydrogen) atoms. The van der Waals surface area contributed by atoms with Crippen molar-refractivity contribution >= 4 is 22.9 Å². The molecule has 0 aromatic carbocycles. The predicted octanol–water partition coefficient (Wildman–Crippen LogP) is 2.82. The highest BCUT2D eigenvalue weighted by Crippen LogP contribution is 2.28. The van der Waals surface area contributed by atoms with E-state index < -0.39 is 0 Å². The molecule has 2 aromatic heterocycles. The van der Waals surface area contributed by atoms with Crippen LogP contribution in [0.4, 0.5) is 0 Å². The molecule has 0 saturated carbocycles. The minimum absolute atomic E-state index is 0.463. The van der Waals surface area contributed by atoms with Gasteiger partial charge in [-0.25, -0.2) is 4.98 Å². The fourth-order valence-corrected chi connectivity index (χ4v) is 3.52. The average molecular weight is 283 g/mol. The highest BCUT2D eigenvalue weighted by atomic mass is 35.5. The third-order valence-electron chi connectivity index (χ3n) is 3.26. The fourth-order valence-electron chi connectivity index (χ4n) is 2.39. The second-order valence-corrected chi connectivity index (χ2v) is 6.51. The molecule has 0 aliphatic carbocycles. The van der Waals surface area contributed by atoms with Crippen LogP contribution in [0.15, 0.2) is 12.1 Å². The second-order valence-electron chi connectivity index (χ2n) is 4.71. The van der Waals surface area contributed by atoms with E-state index in [-0.39, 0.29) is 0 Å². The van der Waals surface area contributed by atoms with Crippen LogP contribution in [-0.4, -0.2) is 33.2 Å². The van der Waals surface area contributed by atoms with Gasteiger partial charge in [-0.15, -0.1) is 11.3 Å². The van der Waals surface area contributed by atoms with Gasteiger partial charge >= 0.3 is 0 Å². The van der Waals surface area contributed by atoms with Crippen molar-refractivity contribution in [1.82, 2.24) is 20.1 Å². The van der Waals surface area contributed by atoms with Crippen molar-refractivity contribution in [3.63, 3.8) is 0 Å². The summed E-state index contributed by atoms with van der Waals surface area (Å²) in [6, 6.07) is 4.07. The summed E-state index contributed by atoms with van der Waals surface area (Å²) < 4.78 is 0.866. The van der Waals surface area contributed by atoms with Crippen LogP contribution in [0.25, 0.3) is 0 Å². The number of aromatic nitrogens is 3. The minimum Gasteiger partial charge on any atom is -0.298 e. The Kier molecular flexibility index (Phi) is 3.37. The Labute approximate surface area is 115 Å². The first-order valence-corrected chi connectivity index (χ1v) is 7.25. The van der Waals surface area contributed by atoms with E-state index in [1.54, 1.807) is 11.3 Å². The van der Waals surface area contributed by atoms with Gasteiger partial charge in [0.2, 0.25) is 0 Å². The van der Waals surface area contributed by atoms with Crippen LogP contribution < -0.4 is 0 Å². The van der Waals surface area contributed by atoms with E-state index in [0.29, 0.717) is 5.92 Å². The number of aryl methyl sites for hydroxylation is 1. The maximum Gasteiger partial charge on any atom is 0.155 e. The molecule has 3 rings (SSSR count). The van der Waals surface area contributed by atoms with Crippen LogP contribution in [0, 0.1) is 6.92 Å². The summed E-state index contributed by atoms with van der Waals surface area (Å²) in [7, 11) is 0. The minimum atomic E-state index is 0.463. The Bertz CT molecular complexity index is 536. The predicted molar refractivity (Wildman–Crippen MR) is 73.1 cm³/mol. The number of rotatable bonds is 3. The topological polar surface area (TPSA) is 44.8 Å². The van der Waals surface area contributed by atoms with Gasteiger partial charge in [0.05, 0.1) is 4.34 Å². The summed E-state index contributed by atoms with van der Waals surface area (Å²) in [6.07, 6.45) is 1.14. The zero-order chi connectivity index (χ0) is 12.5. The highest BCUT2D eigenvalue weighted by Gasteiger charge is 2.26. The van der Waals surface area contributed by atoms with Gasteiger partial charge in [-0.3, -0.25) is 10.00 Å². The number of H-pyrrole nitrogens is 1. The van der Waals surface area contributed by atoms with Crippen molar-refractivity contribution < 1.29 is 0 Å². The normalized spacial score (nSPS) is 20.7. The van der Waals surface area contributed by atoms with Crippen LogP contribution in [0.2, 0.25) is 4.34 Å². The molecule has 96 valence electrons. The molecule has 0 bridgehead atoms. The van der Waals surface area contributed by atoms with Gasteiger partial charge in [0.25, 0.3) is 0 Å². The van der Waals surface area contributed by atoms with E-state index in [9.17, 15) is 0 Å². The maximum atomic E-state index is 5.95. The van der Waals surface area contributed by atoms with Crippen molar-refractivity contribution in [3.8, 4) is 0 Å². The number of aromatic amines is 1. The number of likely N-dealkylation sites (tertiary alicyclic amines) is 1. The first-order chi connectivity index (χ1) is 8.70. The van der Waals surface area contributed by atoms with Crippen LogP contribution in [-0.2, 0) is 6.54 Å². The fraction of sp³-hybridized carbons (Fsp3) is 0.500. The second kappa shape index (κ2) is 4.99. The molecule has 2 aromatic rings. The Morgan fingerprint density at radius 3 is 3.11 bits per heavy atom. The summed E-state index contributed by atoms with van der Waals surface area (Å²) in [5, 5.41) is 7.18. The molecule has 4 nitrogen and oxygen atoms in total. The molecule has 1 fully saturated rings. The van der Waals surface area contributed by atoms with E-state index >= 15 is 0 Å². The zero-order valence-electron chi connectivity index (χ0n) is 10.2. The number of hydrogen-bond acceptors (Lipinski definition) is 4. The first-order valence-electron chi connectivity index (χ1n) is 6.06. The van der Waals surface area contributed by atoms with Gasteiger partial charge in [0.1, 0.15) is 5.82 Å². The summed E-state index contributed by atoms with van der Waals surface area (Å²) in [5.74, 6) is 2.32. The molecule has 1 N–H and O–H groups in total. The lowest BCUT2D eigenvalue weighted by atomic mass is 10.1. The van der Waals surface area contributed by atoms with E-state index in [1.807, 2.05) is 13.0 Å². The Balaban J connectivity index is 1.61. The molecule has 3 heterocycles. The number of halogens is 1. The molecule has 0 amide bonds. The molecule has 6 heteroatoms. The quantitative estimate of drug-likeness (QED) is 0.941. The van der Waals surface area contributed by atoms with Crippen molar-refractivity contribution in [2.75, 3.05) is 13.1 Å². The van der Waals surface area contributed by atoms with Crippen LogP contribution in [0.3, 0.4) is 0 Å². The first kappa shape index (κ1) is 12.1. The molecular weight excluding hydrogens is 268 g/mol. The lowest BCUT2D eigenvalue weighted by Crippen LogP contribution is -2.19. The Morgan fingerprint density at radius 2 is 2.44 bits per heavy atom. The van der Waals surface area contributed by atoms with Crippen molar-refractivity contribution in [2.24, 2.45) is 0 Å². The Morgan fingerprint density at radius 1 is 1.56 bits per heavy atom.